The molecule has 0 radical (unpaired) electrons. The van der Waals surface area contributed by atoms with Crippen LogP contribution < -0.4 is 32.9 Å². The van der Waals surface area contributed by atoms with Crippen molar-refractivity contribution in [3.8, 4) is 0 Å². The number of ether oxygens (including phenoxy) is 5. The Morgan fingerprint density at radius 1 is 0.697 bits per heavy atom. The fourth-order valence-corrected chi connectivity index (χ4v) is 13.5. The van der Waals surface area contributed by atoms with Crippen LogP contribution in [-0.2, 0) is 83.0 Å². The molecular formula is C33H46N15O23P4S+. The maximum Gasteiger partial charge on any atom is 0.490 e. The lowest BCUT2D eigenvalue weighted by Gasteiger charge is -2.28. The number of methoxy groups -OCH3 is 2. The number of aliphatic hydroxyl groups is 3. The summed E-state index contributed by atoms with van der Waals surface area (Å²) in [7, 11) is -14.0. The molecule has 9 rings (SSSR count). The van der Waals surface area contributed by atoms with Gasteiger partial charge in [0.2, 0.25) is 17.7 Å². The molecule has 76 heavy (non-hydrogen) atoms. The molecule has 6 aromatic heterocycles. The van der Waals surface area contributed by atoms with Gasteiger partial charge in [0.05, 0.1) is 39.5 Å². The van der Waals surface area contributed by atoms with Crippen LogP contribution in [0.15, 0.2) is 34.9 Å². The fraction of sp³-hybridized carbons (Fsp3) is 0.545. The summed E-state index contributed by atoms with van der Waals surface area (Å²) in [6.07, 6.45) is -13.4. The number of aromatic nitrogens is 12. The second kappa shape index (κ2) is 21.1. The number of fused-ring (bicyclic) bond motifs is 3. The van der Waals surface area contributed by atoms with Crippen molar-refractivity contribution >= 4 is 93.2 Å². The number of H-pyrrole nitrogens is 2. The first kappa shape index (κ1) is 56.0. The van der Waals surface area contributed by atoms with Gasteiger partial charge in [-0.3, -0.25) is 46.8 Å². The third-order valence-electron chi connectivity index (χ3n) is 11.8. The van der Waals surface area contributed by atoms with Crippen molar-refractivity contribution in [3.63, 3.8) is 0 Å². The lowest BCUT2D eigenvalue weighted by atomic mass is 10.1. The molecule has 43 heteroatoms. The topological polar surface area (TPSA) is 534 Å². The van der Waals surface area contributed by atoms with E-state index in [1.54, 1.807) is 0 Å². The molecule has 0 spiro atoms. The van der Waals surface area contributed by atoms with Crippen molar-refractivity contribution in [2.75, 3.05) is 51.2 Å². The average molecular weight is 1180 g/mol. The molecular weight excluding hydrogens is 1130 g/mol. The Morgan fingerprint density at radius 3 is 1.93 bits per heavy atom. The summed E-state index contributed by atoms with van der Waals surface area (Å²) < 4.78 is 103. The molecule has 7 unspecified atom stereocenters. The molecule has 3 aliphatic rings. The van der Waals surface area contributed by atoms with Crippen LogP contribution in [-0.4, -0.2) is 177 Å². The molecule has 15 N–H and O–H groups in total. The van der Waals surface area contributed by atoms with Gasteiger partial charge in [-0.25, -0.2) is 38.2 Å². The van der Waals surface area contributed by atoms with Gasteiger partial charge in [-0.05, 0) is 11.8 Å². The summed E-state index contributed by atoms with van der Waals surface area (Å²) in [5.74, 6) is -0.603. The molecule has 16 atom stereocenters. The molecule has 0 amide bonds. The highest BCUT2D eigenvalue weighted by atomic mass is 32.5. The molecule has 3 fully saturated rings. The number of nitrogens with one attached hydrogen (secondary N) is 2. The zero-order chi connectivity index (χ0) is 55.0. The molecule has 0 saturated carbocycles. The van der Waals surface area contributed by atoms with E-state index in [9.17, 15) is 58.2 Å². The quantitative estimate of drug-likeness (QED) is 0.0256. The first-order valence-electron chi connectivity index (χ1n) is 21.5. The van der Waals surface area contributed by atoms with Crippen molar-refractivity contribution in [1.29, 1.82) is 0 Å². The van der Waals surface area contributed by atoms with E-state index in [0.717, 1.165) is 31.4 Å². The van der Waals surface area contributed by atoms with Crippen LogP contribution in [0, 0.1) is 0 Å². The Labute approximate surface area is 427 Å². The minimum Gasteiger partial charge on any atom is -0.387 e. The van der Waals surface area contributed by atoms with Gasteiger partial charge in [-0.15, -0.1) is 0 Å². The van der Waals surface area contributed by atoms with Crippen LogP contribution in [0.3, 0.4) is 0 Å². The molecule has 0 aliphatic carbocycles. The van der Waals surface area contributed by atoms with E-state index in [0.29, 0.717) is 0 Å². The van der Waals surface area contributed by atoms with Gasteiger partial charge in [0.15, 0.2) is 41.4 Å². The Hall–Kier alpha value is -4.73. The smallest absolute Gasteiger partial charge is 0.387 e. The molecule has 9 heterocycles. The van der Waals surface area contributed by atoms with Crippen LogP contribution in [0.2, 0.25) is 0 Å². The van der Waals surface area contributed by atoms with Gasteiger partial charge in [0, 0.05) is 14.2 Å². The zero-order valence-corrected chi connectivity index (χ0v) is 43.3. The van der Waals surface area contributed by atoms with E-state index < -0.39 is 135 Å². The van der Waals surface area contributed by atoms with Crippen molar-refractivity contribution in [2.45, 2.75) is 73.6 Å². The summed E-state index contributed by atoms with van der Waals surface area (Å²) in [5, 5.41) is 33.0. The number of nitrogens with zero attached hydrogens (tertiary/aromatic N) is 10. The highest BCUT2D eigenvalue weighted by Crippen LogP contribution is 2.68. The number of hydrogen-bond acceptors (Lipinski definition) is 29. The third-order valence-corrected chi connectivity index (χ3v) is 17.6. The lowest BCUT2D eigenvalue weighted by molar-refractivity contribution is -0.745. The molecule has 6 aromatic rings. The summed E-state index contributed by atoms with van der Waals surface area (Å²) >= 11 is 5.29. The van der Waals surface area contributed by atoms with Crippen molar-refractivity contribution < 1.29 is 104 Å². The van der Waals surface area contributed by atoms with E-state index in [1.807, 2.05) is 0 Å². The minimum atomic E-state index is -6.15. The Kier molecular flexibility index (Phi) is 15.6. The SMILES string of the molecule is CO[C@@H]1C(O)[C@H]([n+]2cn(C)c3c(=O)[nH]c(N)nc32)O[C@@H]1COP(=O)(O)OP(=O)(O)OP(=O)(O)OC[C@H]1O[C@@H](n2cnc3c(N)ncnc32)[C@@H](OC)C1OP(O)(=S)OC[C@H]1O[C@@H](n2cnc3c(=O)[nH]c(N)nc32)[C@@H](O)C1O. The summed E-state index contributed by atoms with van der Waals surface area (Å²) in [5.41, 5.74) is 15.9. The molecule has 416 valence electrons. The standard InChI is InChI=1S/C33H45N15O23P4S/c1-45-10-48(26-16(45)28(53)44-33(36)42-26)30-19(51)20(61-2)12(67-30)5-63-72(54,55)70-74(58,59)71-73(56,57)64-6-13-21(22(62-3)31(68-13)46-8-39-14-23(34)37-7-38-24(14)46)69-75(60,76)65-4-11-17(49)18(50)29(66-11)47-9-40-15-25(47)41-32(35)43-27(15)52/h7-13,17-22,29-31,49-51H,4-6H2,1-3H3,(H11-,34,35,36,37,38,41,42,43,44,52,53,54,55,56,57,58,59,60,76)/p+1/t11-,12-,13-,17?,18+,19?,20+,21?,22+,29-,30-,31-,75?/m1/s1. The first-order valence-corrected chi connectivity index (χ1v) is 28.6. The number of phosphoric ester groups is 2. The summed E-state index contributed by atoms with van der Waals surface area (Å²) in [6, 6.07) is 0. The summed E-state index contributed by atoms with van der Waals surface area (Å²) in [4.78, 5) is 96.8. The Morgan fingerprint density at radius 2 is 1.28 bits per heavy atom. The van der Waals surface area contributed by atoms with Gasteiger partial charge in [-0.1, -0.05) is 4.98 Å². The minimum absolute atomic E-state index is 0.0300. The van der Waals surface area contributed by atoms with Crippen LogP contribution in [0.1, 0.15) is 18.7 Å². The number of hydrogen-bond donors (Lipinski definition) is 12. The lowest BCUT2D eigenvalue weighted by Crippen LogP contribution is -2.46. The number of rotatable bonds is 20. The van der Waals surface area contributed by atoms with Gasteiger partial charge in [-0.2, -0.15) is 13.6 Å². The highest BCUT2D eigenvalue weighted by Gasteiger charge is 2.53. The van der Waals surface area contributed by atoms with Crippen molar-refractivity contribution in [1.82, 2.24) is 53.6 Å². The number of anilines is 3. The van der Waals surface area contributed by atoms with Crippen molar-refractivity contribution in [3.05, 3.63) is 46.0 Å². The molecule has 0 bridgehead atoms. The van der Waals surface area contributed by atoms with Gasteiger partial charge in [0.25, 0.3) is 17.1 Å². The normalized spacial score (nSPS) is 30.2. The number of phosphoric acid groups is 3. The first-order chi connectivity index (χ1) is 35.7. The molecule has 3 saturated heterocycles. The Bertz CT molecular complexity index is 3490. The number of nitrogens with two attached hydrogens (primary N) is 3. The van der Waals surface area contributed by atoms with Crippen LogP contribution in [0.4, 0.5) is 17.7 Å². The largest absolute Gasteiger partial charge is 0.490 e. The van der Waals surface area contributed by atoms with E-state index in [-0.39, 0.29) is 51.2 Å². The number of aliphatic hydroxyl groups excluding tert-OH is 3. The average Bonchev–Trinajstić information content (AvgIpc) is 4.20. The summed E-state index contributed by atoms with van der Waals surface area (Å²) in [6.45, 7) is -7.54. The maximum atomic E-state index is 13.3. The van der Waals surface area contributed by atoms with Gasteiger partial charge < -0.3 is 80.3 Å². The monoisotopic (exact) mass is 1180 g/mol. The van der Waals surface area contributed by atoms with E-state index in [4.69, 9.17) is 70.8 Å². The van der Waals surface area contributed by atoms with Gasteiger partial charge >= 0.3 is 35.8 Å². The Balaban J connectivity index is 0.866. The second-order valence-corrected chi connectivity index (χ2v) is 24.1. The number of aryl methyl sites for hydroxylation is 1. The van der Waals surface area contributed by atoms with E-state index >= 15 is 0 Å². The van der Waals surface area contributed by atoms with Crippen LogP contribution >= 0.6 is 30.2 Å². The van der Waals surface area contributed by atoms with Crippen LogP contribution in [0.5, 0.6) is 0 Å². The van der Waals surface area contributed by atoms with Crippen LogP contribution in [0.25, 0.3) is 33.5 Å². The third kappa shape index (κ3) is 11.1. The molecule has 0 aromatic carbocycles. The number of nitrogen functional groups attached to an aromatic ring is 3. The predicted molar refractivity (Wildman–Crippen MR) is 250 cm³/mol. The maximum absolute atomic E-state index is 13.3. The van der Waals surface area contributed by atoms with E-state index in [2.05, 4.69) is 48.5 Å². The molecule has 38 nitrogen and oxygen atoms in total. The fourth-order valence-electron chi connectivity index (χ4n) is 8.57. The predicted octanol–water partition coefficient (Wildman–Crippen LogP) is -3.94. The van der Waals surface area contributed by atoms with E-state index in [1.165, 1.54) is 33.4 Å². The zero-order valence-electron chi connectivity index (χ0n) is 38.9. The second-order valence-electron chi connectivity index (χ2n) is 16.7. The number of aromatic amines is 2. The van der Waals surface area contributed by atoms with Gasteiger partial charge in [0.1, 0.15) is 66.8 Å². The molecule has 3 aliphatic heterocycles. The highest BCUT2D eigenvalue weighted by molar-refractivity contribution is 8.07. The van der Waals surface area contributed by atoms with Crippen molar-refractivity contribution in [2.24, 2.45) is 7.05 Å². The number of imidazole rings is 3.